The molecule has 0 spiro atoms. The number of carbonyl (C=O) groups excluding carboxylic acids is 2. The second kappa shape index (κ2) is 13.5. The summed E-state index contributed by atoms with van der Waals surface area (Å²) >= 11 is 12.7. The first-order chi connectivity index (χ1) is 22.6. The van der Waals surface area contributed by atoms with E-state index in [0.717, 1.165) is 31.9 Å². The lowest BCUT2D eigenvalue weighted by Crippen LogP contribution is -2.53. The number of nitriles is 1. The summed E-state index contributed by atoms with van der Waals surface area (Å²) < 4.78 is 28.2. The molecule has 4 aliphatic rings. The van der Waals surface area contributed by atoms with Gasteiger partial charge in [-0.3, -0.25) is 19.3 Å². The quantitative estimate of drug-likeness (QED) is 0.319. The molecule has 3 heterocycles. The Morgan fingerprint density at radius 2 is 1.73 bits per heavy atom. The van der Waals surface area contributed by atoms with Gasteiger partial charge < -0.3 is 20.2 Å². The molecule has 12 nitrogen and oxygen atoms in total. The summed E-state index contributed by atoms with van der Waals surface area (Å²) in [7, 11) is -4.03. The first-order valence-corrected chi connectivity index (χ1v) is 18.2. The van der Waals surface area contributed by atoms with E-state index in [1.807, 2.05) is 0 Å². The molecule has 2 saturated carbocycles. The predicted octanol–water partition coefficient (Wildman–Crippen LogP) is 3.66. The molecule has 2 amide bonds. The highest BCUT2D eigenvalue weighted by atomic mass is 35.5. The smallest absolute Gasteiger partial charge is 0.290 e. The molecular formula is C33H40Cl2N6O6S. The van der Waals surface area contributed by atoms with Crippen LogP contribution in [0.4, 0.5) is 5.69 Å². The van der Waals surface area contributed by atoms with Gasteiger partial charge in [0.25, 0.3) is 6.47 Å². The van der Waals surface area contributed by atoms with Crippen molar-refractivity contribution >= 4 is 57.0 Å². The fraction of sp³-hybridized carbons (Fsp3) is 0.545. The number of piperazine rings is 1. The number of sulfone groups is 1. The van der Waals surface area contributed by atoms with E-state index in [4.69, 9.17) is 33.1 Å². The van der Waals surface area contributed by atoms with Crippen LogP contribution in [0.25, 0.3) is 0 Å². The number of nitrogens with zero attached hydrogens (tertiary/aromatic N) is 5. The van der Waals surface area contributed by atoms with Crippen LogP contribution >= 0.6 is 23.2 Å². The van der Waals surface area contributed by atoms with E-state index in [1.165, 1.54) is 4.90 Å². The number of rotatable bonds is 7. The fourth-order valence-corrected chi connectivity index (χ4v) is 8.97. The summed E-state index contributed by atoms with van der Waals surface area (Å²) in [5.41, 5.74) is -0.243. The highest BCUT2D eigenvalue weighted by Crippen LogP contribution is 2.51. The Balaban J connectivity index is 0.00000145. The molecule has 2 aliphatic carbocycles. The van der Waals surface area contributed by atoms with Gasteiger partial charge in [-0.1, -0.05) is 29.3 Å². The summed E-state index contributed by atoms with van der Waals surface area (Å²) in [5, 5.41) is 18.6. The molecule has 4 fully saturated rings. The zero-order chi connectivity index (χ0) is 35.1. The molecule has 0 bridgehead atoms. The summed E-state index contributed by atoms with van der Waals surface area (Å²) in [6, 6.07) is 9.48. The van der Waals surface area contributed by atoms with Crippen molar-refractivity contribution in [2.24, 2.45) is 0 Å². The predicted molar refractivity (Wildman–Crippen MR) is 181 cm³/mol. The van der Waals surface area contributed by atoms with Gasteiger partial charge in [0, 0.05) is 50.1 Å². The topological polar surface area (TPSA) is 164 Å². The maximum Gasteiger partial charge on any atom is 0.290 e. The first kappa shape index (κ1) is 35.9. The number of aromatic nitrogens is 1. The summed E-state index contributed by atoms with van der Waals surface area (Å²) in [4.78, 5) is 46.2. The van der Waals surface area contributed by atoms with Crippen LogP contribution in [0.1, 0.15) is 58.4 Å². The van der Waals surface area contributed by atoms with Gasteiger partial charge in [-0.2, -0.15) is 5.26 Å². The number of likely N-dealkylation sites (tertiary alicyclic amines) is 1. The van der Waals surface area contributed by atoms with Crippen LogP contribution < -0.4 is 10.2 Å². The fourth-order valence-electron chi connectivity index (χ4n) is 6.62. The molecule has 1 aromatic carbocycles. The Morgan fingerprint density at radius 1 is 1.08 bits per heavy atom. The minimum absolute atomic E-state index is 0.0153. The molecule has 15 heteroatoms. The lowest BCUT2D eigenvalue weighted by Gasteiger charge is -2.43. The largest absolute Gasteiger partial charge is 0.483 e. The van der Waals surface area contributed by atoms with Crippen LogP contribution in [0, 0.1) is 11.3 Å². The van der Waals surface area contributed by atoms with Crippen molar-refractivity contribution in [3.8, 4) is 6.07 Å². The van der Waals surface area contributed by atoms with Gasteiger partial charge in [0.15, 0.2) is 9.84 Å². The third kappa shape index (κ3) is 7.13. The van der Waals surface area contributed by atoms with E-state index < -0.39 is 38.0 Å². The van der Waals surface area contributed by atoms with E-state index >= 15 is 0 Å². The second-order valence-electron chi connectivity index (χ2n) is 13.9. The standard InChI is InChI=1S/C32H38Cl2N6O4S.CH2O2/c1-30(2,3)39-14-12-38(13-15-39)22-5-6-26(24(33)16-22)45(43,44)23-17-25(28(41)37-31(20-35)8-9-31)40(19-23)29(42)32(10-11-32)21-4-7-27(34)36-18-21;2-1-3/h4-7,16,18,23,25H,8-15,17,19H2,1-3H3,(H,37,41);1H,(H,2,3)/t23?,25-;/m0./s1. The van der Waals surface area contributed by atoms with Crippen molar-refractivity contribution in [2.75, 3.05) is 37.6 Å². The average molecular weight is 720 g/mol. The van der Waals surface area contributed by atoms with Crippen LogP contribution in [0.2, 0.25) is 10.2 Å². The van der Waals surface area contributed by atoms with Gasteiger partial charge in [-0.15, -0.1) is 0 Å². The molecule has 0 radical (unpaired) electrons. The molecule has 2 aromatic rings. The first-order valence-electron chi connectivity index (χ1n) is 15.9. The summed E-state index contributed by atoms with van der Waals surface area (Å²) in [6.45, 7) is 9.53. The molecular weight excluding hydrogens is 679 g/mol. The number of hydrogen-bond acceptors (Lipinski definition) is 9. The number of anilines is 1. The second-order valence-corrected chi connectivity index (χ2v) is 16.9. The SMILES string of the molecule is CC(C)(C)N1CCN(c2ccc(S(=O)(=O)C3C[C@@H](C(=O)NC4(C#N)CC4)N(C(=O)C4(c5ccc(Cl)nc5)CC4)C3)c(Cl)c2)CC1.O=CO. The summed E-state index contributed by atoms with van der Waals surface area (Å²) in [5.74, 6) is -0.830. The summed E-state index contributed by atoms with van der Waals surface area (Å²) in [6.07, 6.45) is 3.61. The highest BCUT2D eigenvalue weighted by molar-refractivity contribution is 7.92. The van der Waals surface area contributed by atoms with Gasteiger partial charge in [-0.25, -0.2) is 13.4 Å². The lowest BCUT2D eigenvalue weighted by atomic mass is 9.95. The number of pyridine rings is 1. The van der Waals surface area contributed by atoms with Gasteiger partial charge in [0.1, 0.15) is 16.7 Å². The van der Waals surface area contributed by atoms with Crippen LogP contribution in [0.3, 0.4) is 0 Å². The minimum Gasteiger partial charge on any atom is -0.483 e. The van der Waals surface area contributed by atoms with Crippen molar-refractivity contribution in [1.82, 2.24) is 20.1 Å². The number of benzene rings is 1. The van der Waals surface area contributed by atoms with Crippen molar-refractivity contribution in [3.63, 3.8) is 0 Å². The number of carbonyl (C=O) groups is 3. The Morgan fingerprint density at radius 3 is 2.23 bits per heavy atom. The molecule has 48 heavy (non-hydrogen) atoms. The zero-order valence-electron chi connectivity index (χ0n) is 27.2. The Bertz CT molecular complexity index is 1710. The molecule has 2 atom stereocenters. The van der Waals surface area contributed by atoms with Crippen molar-refractivity contribution in [1.29, 1.82) is 5.26 Å². The molecule has 2 N–H and O–H groups in total. The Hall–Kier alpha value is -3.44. The number of nitrogens with one attached hydrogen (secondary N) is 1. The monoisotopic (exact) mass is 718 g/mol. The molecule has 1 aromatic heterocycles. The third-order valence-corrected chi connectivity index (χ3v) is 12.7. The average Bonchev–Trinajstić information content (AvgIpc) is 3.97. The number of halogens is 2. The van der Waals surface area contributed by atoms with Crippen LogP contribution in [-0.2, 0) is 29.6 Å². The zero-order valence-corrected chi connectivity index (χ0v) is 29.5. The Kier molecular flexibility index (Phi) is 10.1. The maximum absolute atomic E-state index is 14.2. The van der Waals surface area contributed by atoms with Crippen LogP contribution in [0.15, 0.2) is 41.4 Å². The van der Waals surface area contributed by atoms with Gasteiger partial charge in [0.05, 0.1) is 26.7 Å². The molecule has 1 unspecified atom stereocenters. The molecule has 6 rings (SSSR count). The van der Waals surface area contributed by atoms with Crippen molar-refractivity contribution < 1.29 is 27.9 Å². The highest BCUT2D eigenvalue weighted by Gasteiger charge is 2.58. The molecule has 258 valence electrons. The van der Waals surface area contributed by atoms with Gasteiger partial charge in [-0.05, 0) is 82.7 Å². The Labute approximate surface area is 290 Å². The third-order valence-electron chi connectivity index (χ3n) is 9.85. The molecule has 2 saturated heterocycles. The minimum atomic E-state index is -4.03. The molecule has 2 aliphatic heterocycles. The van der Waals surface area contributed by atoms with Gasteiger partial charge in [0.2, 0.25) is 11.8 Å². The number of carboxylic acid groups (broad SMARTS) is 1. The normalized spacial score (nSPS) is 22.9. The van der Waals surface area contributed by atoms with Crippen molar-refractivity contribution in [3.05, 3.63) is 52.3 Å². The van der Waals surface area contributed by atoms with E-state index in [9.17, 15) is 23.3 Å². The van der Waals surface area contributed by atoms with E-state index in [0.29, 0.717) is 36.4 Å². The van der Waals surface area contributed by atoms with Crippen LogP contribution in [0.5, 0.6) is 0 Å². The van der Waals surface area contributed by atoms with E-state index in [2.05, 4.69) is 46.9 Å². The number of amides is 2. The number of hydrogen-bond donors (Lipinski definition) is 2. The van der Waals surface area contributed by atoms with E-state index in [1.54, 1.807) is 36.5 Å². The lowest BCUT2D eigenvalue weighted by molar-refractivity contribution is -0.140. The maximum atomic E-state index is 14.2. The van der Waals surface area contributed by atoms with Crippen LogP contribution in [-0.4, -0.2) is 102 Å². The van der Waals surface area contributed by atoms with E-state index in [-0.39, 0.29) is 40.8 Å². The van der Waals surface area contributed by atoms with Gasteiger partial charge >= 0.3 is 0 Å². The van der Waals surface area contributed by atoms with Crippen molar-refractivity contribution in [2.45, 2.75) is 85.6 Å².